The highest BCUT2D eigenvalue weighted by Gasteiger charge is 2.27. The Bertz CT molecular complexity index is 561. The molecule has 0 radical (unpaired) electrons. The average Bonchev–Trinajstić information content (AvgIpc) is 3.12. The van der Waals surface area contributed by atoms with Crippen molar-refractivity contribution >= 4 is 0 Å². The van der Waals surface area contributed by atoms with Gasteiger partial charge in [-0.1, -0.05) is 219 Å². The molecular formula is C46H98N4. The Labute approximate surface area is 317 Å². The van der Waals surface area contributed by atoms with E-state index in [4.69, 9.17) is 11.5 Å². The summed E-state index contributed by atoms with van der Waals surface area (Å²) in [5.74, 6) is 0. The van der Waals surface area contributed by atoms with Crippen LogP contribution in [0, 0.1) is 0 Å². The second kappa shape index (κ2) is 43.2. The fraction of sp³-hybridized carbons (Fsp3) is 1.00. The molecule has 50 heavy (non-hydrogen) atoms. The maximum atomic E-state index is 6.28. The molecule has 0 rings (SSSR count). The summed E-state index contributed by atoms with van der Waals surface area (Å²) in [6.07, 6.45) is 53.4. The summed E-state index contributed by atoms with van der Waals surface area (Å²) in [6.45, 7) is 9.52. The Morgan fingerprint density at radius 1 is 0.300 bits per heavy atom. The lowest BCUT2D eigenvalue weighted by Crippen LogP contribution is -2.47. The summed E-state index contributed by atoms with van der Waals surface area (Å²) in [4.78, 5) is 0. The van der Waals surface area contributed by atoms with E-state index in [1.54, 1.807) is 0 Å². The number of unbranched alkanes of at least 4 members (excludes halogenated alkanes) is 31. The Kier molecular flexibility index (Phi) is 43.1. The van der Waals surface area contributed by atoms with Crippen LogP contribution in [-0.4, -0.2) is 38.3 Å². The van der Waals surface area contributed by atoms with E-state index < -0.39 is 0 Å². The van der Waals surface area contributed by atoms with Gasteiger partial charge in [0.25, 0.3) is 0 Å². The summed E-state index contributed by atoms with van der Waals surface area (Å²) in [7, 11) is 0. The molecule has 0 spiro atoms. The Hall–Kier alpha value is -0.160. The van der Waals surface area contributed by atoms with Crippen molar-refractivity contribution in [3.05, 3.63) is 0 Å². The van der Waals surface area contributed by atoms with Gasteiger partial charge in [0.15, 0.2) is 0 Å². The van der Waals surface area contributed by atoms with Crippen LogP contribution in [0.5, 0.6) is 0 Å². The molecule has 4 heteroatoms. The number of rotatable bonds is 45. The third kappa shape index (κ3) is 37.6. The largest absolute Gasteiger partial charge is 0.330 e. The molecule has 0 aliphatic heterocycles. The molecule has 302 valence electrons. The fourth-order valence-electron chi connectivity index (χ4n) is 8.02. The van der Waals surface area contributed by atoms with Crippen molar-refractivity contribution in [1.29, 1.82) is 0 Å². The Balaban J connectivity index is 4.19. The van der Waals surface area contributed by atoms with Crippen molar-refractivity contribution in [3.63, 3.8) is 0 Å². The first kappa shape index (κ1) is 49.8. The zero-order chi connectivity index (χ0) is 36.3. The zero-order valence-corrected chi connectivity index (χ0v) is 35.1. The molecule has 0 saturated heterocycles. The maximum Gasteiger partial charge on any atom is 0.0193 e. The van der Waals surface area contributed by atoms with Crippen LogP contribution in [0.1, 0.15) is 258 Å². The molecule has 0 atom stereocenters. The van der Waals surface area contributed by atoms with Crippen molar-refractivity contribution in [2.75, 3.05) is 32.7 Å². The molecule has 0 aromatic heterocycles. The van der Waals surface area contributed by atoms with Crippen LogP contribution in [0.3, 0.4) is 0 Å². The summed E-state index contributed by atoms with van der Waals surface area (Å²) in [5, 5.41) is 7.66. The molecule has 0 aromatic rings. The summed E-state index contributed by atoms with van der Waals surface area (Å²) >= 11 is 0. The van der Waals surface area contributed by atoms with E-state index in [0.717, 1.165) is 45.6 Å². The highest BCUT2D eigenvalue weighted by Crippen LogP contribution is 2.27. The first-order chi connectivity index (χ1) is 24.7. The normalized spacial score (nSPS) is 12.0. The lowest BCUT2D eigenvalue weighted by atomic mass is 9.83. The molecule has 0 heterocycles. The maximum absolute atomic E-state index is 6.28. The summed E-state index contributed by atoms with van der Waals surface area (Å²) in [5.41, 5.74) is 12.2. The predicted octanol–water partition coefficient (Wildman–Crippen LogP) is 13.7. The van der Waals surface area contributed by atoms with Crippen molar-refractivity contribution < 1.29 is 0 Å². The molecular weight excluding hydrogens is 609 g/mol. The molecule has 0 fully saturated rings. The van der Waals surface area contributed by atoms with Gasteiger partial charge in [-0.15, -0.1) is 0 Å². The van der Waals surface area contributed by atoms with Crippen molar-refractivity contribution in [2.45, 2.75) is 263 Å². The van der Waals surface area contributed by atoms with E-state index in [9.17, 15) is 0 Å². The van der Waals surface area contributed by atoms with E-state index in [2.05, 4.69) is 24.5 Å². The zero-order valence-electron chi connectivity index (χ0n) is 35.1. The molecule has 6 N–H and O–H groups in total. The minimum absolute atomic E-state index is 0.258. The molecule has 0 unspecified atom stereocenters. The van der Waals surface area contributed by atoms with Gasteiger partial charge in [0.2, 0.25) is 0 Å². The van der Waals surface area contributed by atoms with E-state index in [1.165, 1.54) is 231 Å². The monoisotopic (exact) mass is 707 g/mol. The lowest BCUT2D eigenvalue weighted by molar-refractivity contribution is 0.245. The molecule has 0 aliphatic carbocycles. The predicted molar refractivity (Wildman–Crippen MR) is 229 cm³/mol. The first-order valence-electron chi connectivity index (χ1n) is 23.6. The van der Waals surface area contributed by atoms with Crippen molar-refractivity contribution in [3.8, 4) is 0 Å². The first-order valence-corrected chi connectivity index (χ1v) is 23.6. The molecule has 0 saturated carbocycles. The average molecular weight is 707 g/mol. The lowest BCUT2D eigenvalue weighted by Gasteiger charge is -2.36. The summed E-state index contributed by atoms with van der Waals surface area (Å²) < 4.78 is 0. The number of hydrogen-bond acceptors (Lipinski definition) is 4. The van der Waals surface area contributed by atoms with Gasteiger partial charge in [-0.3, -0.25) is 0 Å². The van der Waals surface area contributed by atoms with Gasteiger partial charge in [0, 0.05) is 5.54 Å². The van der Waals surface area contributed by atoms with Crippen molar-refractivity contribution in [1.82, 2.24) is 10.6 Å². The molecule has 0 aliphatic rings. The van der Waals surface area contributed by atoms with Gasteiger partial charge < -0.3 is 22.1 Å². The van der Waals surface area contributed by atoms with E-state index in [1.807, 2.05) is 0 Å². The molecule has 0 aromatic carbocycles. The van der Waals surface area contributed by atoms with Crippen LogP contribution >= 0.6 is 0 Å². The second-order valence-electron chi connectivity index (χ2n) is 16.5. The number of nitrogens with two attached hydrogens (primary N) is 2. The number of nitrogens with one attached hydrogen (secondary N) is 2. The standard InChI is InChI=1S/C46H98N4/c1-3-5-7-9-11-13-15-17-19-21-23-25-27-29-31-33-38-46(40-42-48,50-45-36-35-43-49-44-37-41-47)39-34-32-30-28-26-24-22-20-18-16-14-12-10-8-6-4-2/h49-50H,3-45,47-48H2,1-2H3. The van der Waals surface area contributed by atoms with Gasteiger partial charge in [-0.25, -0.2) is 0 Å². The third-order valence-corrected chi connectivity index (χ3v) is 11.5. The van der Waals surface area contributed by atoms with Crippen LogP contribution < -0.4 is 22.1 Å². The number of hydrogen-bond donors (Lipinski definition) is 4. The highest BCUT2D eigenvalue weighted by atomic mass is 15.0. The molecule has 0 bridgehead atoms. The van der Waals surface area contributed by atoms with Crippen LogP contribution in [0.2, 0.25) is 0 Å². The van der Waals surface area contributed by atoms with Gasteiger partial charge >= 0.3 is 0 Å². The van der Waals surface area contributed by atoms with E-state index in [0.29, 0.717) is 0 Å². The third-order valence-electron chi connectivity index (χ3n) is 11.5. The van der Waals surface area contributed by atoms with E-state index in [-0.39, 0.29) is 5.54 Å². The van der Waals surface area contributed by atoms with Crippen LogP contribution in [0.15, 0.2) is 0 Å². The SMILES string of the molecule is CCCCCCCCCCCCCCCCCCC(CCN)(CCCCCCCCCCCCCCCCCC)NCCCCNCCCN. The van der Waals surface area contributed by atoms with Crippen LogP contribution in [0.4, 0.5) is 0 Å². The highest BCUT2D eigenvalue weighted by molar-refractivity contribution is 4.88. The van der Waals surface area contributed by atoms with Crippen LogP contribution in [0.25, 0.3) is 0 Å². The van der Waals surface area contributed by atoms with E-state index >= 15 is 0 Å². The Morgan fingerprint density at radius 3 is 0.920 bits per heavy atom. The summed E-state index contributed by atoms with van der Waals surface area (Å²) in [6, 6.07) is 0. The quantitative estimate of drug-likeness (QED) is 0.0476. The van der Waals surface area contributed by atoms with Gasteiger partial charge in [0.05, 0.1) is 0 Å². The van der Waals surface area contributed by atoms with Crippen molar-refractivity contribution in [2.24, 2.45) is 11.5 Å². The second-order valence-corrected chi connectivity index (χ2v) is 16.5. The smallest absolute Gasteiger partial charge is 0.0193 e. The molecule has 4 nitrogen and oxygen atoms in total. The minimum Gasteiger partial charge on any atom is -0.330 e. The minimum atomic E-state index is 0.258. The topological polar surface area (TPSA) is 76.1 Å². The molecule has 0 amide bonds. The van der Waals surface area contributed by atoms with Crippen LogP contribution in [-0.2, 0) is 0 Å². The van der Waals surface area contributed by atoms with Gasteiger partial charge in [0.1, 0.15) is 0 Å². The fourth-order valence-corrected chi connectivity index (χ4v) is 8.02. The van der Waals surface area contributed by atoms with Gasteiger partial charge in [-0.05, 0) is 71.2 Å². The van der Waals surface area contributed by atoms with Gasteiger partial charge in [-0.2, -0.15) is 0 Å². The Morgan fingerprint density at radius 2 is 0.600 bits per heavy atom.